The fourth-order valence-corrected chi connectivity index (χ4v) is 4.35. The van der Waals surface area contributed by atoms with E-state index in [1.807, 2.05) is 12.1 Å². The van der Waals surface area contributed by atoms with Gasteiger partial charge in [-0.15, -0.1) is 0 Å². The van der Waals surface area contributed by atoms with Crippen LogP contribution in [-0.2, 0) is 16.1 Å². The lowest BCUT2D eigenvalue weighted by atomic mass is 10.0. The van der Waals surface area contributed by atoms with Crippen LogP contribution in [0.3, 0.4) is 0 Å². The molecule has 142 valence electrons. The van der Waals surface area contributed by atoms with Crippen LogP contribution in [0.1, 0.15) is 37.7 Å². The van der Waals surface area contributed by atoms with Crippen molar-refractivity contribution in [1.82, 2.24) is 15.5 Å². The molecule has 1 atom stereocenters. The summed E-state index contributed by atoms with van der Waals surface area (Å²) in [6, 6.07) is 14.5. The zero-order valence-electron chi connectivity index (χ0n) is 15.6. The molecular formula is C22H27N3O2. The number of benzene rings is 2. The van der Waals surface area contributed by atoms with Crippen molar-refractivity contribution in [2.75, 3.05) is 13.1 Å². The number of fused-ring (bicyclic) bond motifs is 1. The van der Waals surface area contributed by atoms with E-state index < -0.39 is 6.04 Å². The number of carbonyl (C=O) groups excluding carboxylic acids is 2. The Balaban J connectivity index is 1.49. The number of amides is 2. The smallest absolute Gasteiger partial charge is 0.237 e. The number of piperazine rings is 1. The Morgan fingerprint density at radius 3 is 2.74 bits per heavy atom. The van der Waals surface area contributed by atoms with Gasteiger partial charge in [-0.25, -0.2) is 0 Å². The zero-order valence-corrected chi connectivity index (χ0v) is 15.6. The van der Waals surface area contributed by atoms with Crippen molar-refractivity contribution < 1.29 is 9.59 Å². The molecule has 5 heteroatoms. The van der Waals surface area contributed by atoms with E-state index in [0.717, 1.165) is 19.4 Å². The monoisotopic (exact) mass is 365 g/mol. The second kappa shape index (κ2) is 8.09. The largest absolute Gasteiger partial charge is 0.353 e. The lowest BCUT2D eigenvalue weighted by Gasteiger charge is -2.35. The summed E-state index contributed by atoms with van der Waals surface area (Å²) < 4.78 is 0. The standard InChI is InChI=1S/C22H27N3O2/c26-21(24-18-9-2-3-10-18)14-20-22(27)23-12-13-25(20)15-17-8-5-7-16-6-1-4-11-19(16)17/h1,4-8,11,18,20H,2-3,9-10,12-15H2,(H,23,27)(H,24,26). The predicted octanol–water partition coefficient (Wildman–Crippen LogP) is 2.59. The Bertz CT molecular complexity index is 824. The zero-order chi connectivity index (χ0) is 18.6. The van der Waals surface area contributed by atoms with Gasteiger partial charge in [0.25, 0.3) is 0 Å². The molecule has 2 fully saturated rings. The molecule has 27 heavy (non-hydrogen) atoms. The van der Waals surface area contributed by atoms with Crippen molar-refractivity contribution in [2.45, 2.75) is 50.7 Å². The van der Waals surface area contributed by atoms with E-state index in [2.05, 4.69) is 45.9 Å². The number of nitrogens with one attached hydrogen (secondary N) is 2. The first kappa shape index (κ1) is 18.0. The summed E-state index contributed by atoms with van der Waals surface area (Å²) in [5, 5.41) is 8.45. The highest BCUT2D eigenvalue weighted by Gasteiger charge is 2.32. The molecule has 1 saturated carbocycles. The van der Waals surface area contributed by atoms with Gasteiger partial charge in [0.15, 0.2) is 0 Å². The quantitative estimate of drug-likeness (QED) is 0.856. The molecular weight excluding hydrogens is 338 g/mol. The number of hydrogen-bond acceptors (Lipinski definition) is 3. The van der Waals surface area contributed by atoms with E-state index >= 15 is 0 Å². The highest BCUT2D eigenvalue weighted by atomic mass is 16.2. The molecule has 0 bridgehead atoms. The number of rotatable bonds is 5. The average Bonchev–Trinajstić information content (AvgIpc) is 3.18. The molecule has 5 nitrogen and oxygen atoms in total. The van der Waals surface area contributed by atoms with E-state index in [-0.39, 0.29) is 24.3 Å². The lowest BCUT2D eigenvalue weighted by Crippen LogP contribution is -2.56. The van der Waals surface area contributed by atoms with Gasteiger partial charge in [-0.1, -0.05) is 55.3 Å². The molecule has 2 amide bonds. The first-order chi connectivity index (χ1) is 13.2. The number of nitrogens with zero attached hydrogens (tertiary/aromatic N) is 1. The van der Waals surface area contributed by atoms with Gasteiger partial charge in [-0.2, -0.15) is 0 Å². The van der Waals surface area contributed by atoms with Crippen molar-refractivity contribution in [2.24, 2.45) is 0 Å². The van der Waals surface area contributed by atoms with Crippen LogP contribution in [-0.4, -0.2) is 41.9 Å². The normalized spacial score (nSPS) is 21.3. The van der Waals surface area contributed by atoms with Crippen LogP contribution in [0.25, 0.3) is 10.8 Å². The summed E-state index contributed by atoms with van der Waals surface area (Å²) in [4.78, 5) is 27.2. The van der Waals surface area contributed by atoms with Crippen molar-refractivity contribution >= 4 is 22.6 Å². The molecule has 1 saturated heterocycles. The maximum Gasteiger partial charge on any atom is 0.237 e. The summed E-state index contributed by atoms with van der Waals surface area (Å²) in [5.74, 6) is -0.0464. The first-order valence-electron chi connectivity index (χ1n) is 9.98. The lowest BCUT2D eigenvalue weighted by molar-refractivity contribution is -0.134. The molecule has 2 aromatic carbocycles. The van der Waals surface area contributed by atoms with Gasteiger partial charge in [0.1, 0.15) is 0 Å². The topological polar surface area (TPSA) is 61.4 Å². The summed E-state index contributed by atoms with van der Waals surface area (Å²) in [7, 11) is 0. The molecule has 1 aliphatic carbocycles. The van der Waals surface area contributed by atoms with Crippen LogP contribution >= 0.6 is 0 Å². The Labute approximate surface area is 160 Å². The van der Waals surface area contributed by atoms with E-state index in [4.69, 9.17) is 0 Å². The van der Waals surface area contributed by atoms with Crippen molar-refractivity contribution in [3.63, 3.8) is 0 Å². The molecule has 0 radical (unpaired) electrons. The molecule has 4 rings (SSSR count). The minimum absolute atomic E-state index is 0.00753. The van der Waals surface area contributed by atoms with Gasteiger partial charge < -0.3 is 10.6 Å². The van der Waals surface area contributed by atoms with Gasteiger partial charge in [-0.05, 0) is 29.2 Å². The minimum atomic E-state index is -0.404. The minimum Gasteiger partial charge on any atom is -0.353 e. The number of carbonyl (C=O) groups is 2. The van der Waals surface area contributed by atoms with Gasteiger partial charge in [0.05, 0.1) is 12.5 Å². The molecule has 2 N–H and O–H groups in total. The molecule has 0 aromatic heterocycles. The van der Waals surface area contributed by atoms with Gasteiger partial charge in [0.2, 0.25) is 11.8 Å². The molecule has 2 aromatic rings. The Hall–Kier alpha value is -2.40. The predicted molar refractivity (Wildman–Crippen MR) is 106 cm³/mol. The Morgan fingerprint density at radius 1 is 1.11 bits per heavy atom. The first-order valence-corrected chi connectivity index (χ1v) is 9.98. The van der Waals surface area contributed by atoms with E-state index in [0.29, 0.717) is 13.1 Å². The fraction of sp³-hybridized carbons (Fsp3) is 0.455. The second-order valence-electron chi connectivity index (χ2n) is 7.67. The number of hydrogen-bond donors (Lipinski definition) is 2. The summed E-state index contributed by atoms with van der Waals surface area (Å²) in [5.41, 5.74) is 1.20. The van der Waals surface area contributed by atoms with Crippen molar-refractivity contribution in [3.8, 4) is 0 Å². The van der Waals surface area contributed by atoms with Crippen molar-refractivity contribution in [1.29, 1.82) is 0 Å². The third-order valence-corrected chi connectivity index (χ3v) is 5.79. The van der Waals surface area contributed by atoms with Crippen LogP contribution in [0.2, 0.25) is 0 Å². The van der Waals surface area contributed by atoms with Gasteiger partial charge in [-0.3, -0.25) is 14.5 Å². The maximum absolute atomic E-state index is 12.5. The second-order valence-corrected chi connectivity index (χ2v) is 7.67. The fourth-order valence-electron chi connectivity index (χ4n) is 4.35. The van der Waals surface area contributed by atoms with Crippen LogP contribution in [0, 0.1) is 0 Å². The molecule has 1 unspecified atom stereocenters. The summed E-state index contributed by atoms with van der Waals surface area (Å²) >= 11 is 0. The van der Waals surface area contributed by atoms with Crippen LogP contribution in [0.5, 0.6) is 0 Å². The molecule has 1 aliphatic heterocycles. The third kappa shape index (κ3) is 4.14. The van der Waals surface area contributed by atoms with Crippen LogP contribution < -0.4 is 10.6 Å². The summed E-state index contributed by atoms with van der Waals surface area (Å²) in [6.45, 7) is 2.07. The molecule has 0 spiro atoms. The Morgan fingerprint density at radius 2 is 1.89 bits per heavy atom. The van der Waals surface area contributed by atoms with Crippen LogP contribution in [0.15, 0.2) is 42.5 Å². The third-order valence-electron chi connectivity index (χ3n) is 5.79. The van der Waals surface area contributed by atoms with E-state index in [1.165, 1.54) is 29.2 Å². The molecule has 2 aliphatic rings. The highest BCUT2D eigenvalue weighted by molar-refractivity contribution is 5.89. The SMILES string of the molecule is O=C(CC1C(=O)NCCN1Cc1cccc2ccccc12)NC1CCCC1. The van der Waals surface area contributed by atoms with Crippen molar-refractivity contribution in [3.05, 3.63) is 48.0 Å². The Kier molecular flexibility index (Phi) is 5.39. The van der Waals surface area contributed by atoms with E-state index in [1.54, 1.807) is 0 Å². The molecule has 1 heterocycles. The van der Waals surface area contributed by atoms with Gasteiger partial charge >= 0.3 is 0 Å². The highest BCUT2D eigenvalue weighted by Crippen LogP contribution is 2.23. The maximum atomic E-state index is 12.5. The van der Waals surface area contributed by atoms with Gasteiger partial charge in [0, 0.05) is 25.7 Å². The van der Waals surface area contributed by atoms with E-state index in [9.17, 15) is 9.59 Å². The summed E-state index contributed by atoms with van der Waals surface area (Å²) in [6.07, 6.45) is 4.71. The van der Waals surface area contributed by atoms with Crippen LogP contribution in [0.4, 0.5) is 0 Å². The average molecular weight is 365 g/mol.